The smallest absolute Gasteiger partial charge is 0.453 e. The maximum Gasteiger partial charge on any atom is 0.453 e. The molecule has 0 spiro atoms. The largest absolute Gasteiger partial charge is 0.481 e. The van der Waals surface area contributed by atoms with Gasteiger partial charge in [-0.15, -0.1) is 0 Å². The molecule has 0 saturated heterocycles. The van der Waals surface area contributed by atoms with Gasteiger partial charge in [-0.1, -0.05) is 24.3 Å². The number of alkyl halides is 5. The number of anilines is 2. The molecule has 1 aliphatic heterocycles. The lowest BCUT2D eigenvalue weighted by molar-refractivity contribution is -0.285. The summed E-state index contributed by atoms with van der Waals surface area (Å²) in [5.74, 6) is -6.39. The van der Waals surface area contributed by atoms with E-state index in [2.05, 4.69) is 25.4 Å². The second-order valence-corrected chi connectivity index (χ2v) is 9.72. The van der Waals surface area contributed by atoms with Crippen LogP contribution in [0.15, 0.2) is 42.6 Å². The summed E-state index contributed by atoms with van der Waals surface area (Å²) in [7, 11) is 0. The minimum atomic E-state index is -5.71. The number of hydrogen-bond donors (Lipinski definition) is 3. The highest BCUT2D eigenvalue weighted by molar-refractivity contribution is 6.09. The highest BCUT2D eigenvalue weighted by Crippen LogP contribution is 2.45. The number of nitrogens with two attached hydrogens (primary N) is 1. The number of rotatable bonds is 8. The fourth-order valence-electron chi connectivity index (χ4n) is 4.76. The van der Waals surface area contributed by atoms with Crippen molar-refractivity contribution < 1.29 is 36.6 Å². The van der Waals surface area contributed by atoms with Gasteiger partial charge in [0.2, 0.25) is 5.91 Å². The summed E-state index contributed by atoms with van der Waals surface area (Å²) in [5.41, 5.74) is 6.71. The van der Waals surface area contributed by atoms with Crippen LogP contribution in [0.2, 0.25) is 0 Å². The lowest BCUT2D eigenvalue weighted by Gasteiger charge is -2.23. The van der Waals surface area contributed by atoms with Crippen LogP contribution in [0.1, 0.15) is 36.5 Å². The third-order valence-electron chi connectivity index (χ3n) is 7.05. The quantitative estimate of drug-likeness (QED) is 0.263. The number of carbonyl (C=O) groups excluding carboxylic acids is 1. The van der Waals surface area contributed by atoms with Gasteiger partial charge in [0.05, 0.1) is 10.9 Å². The van der Waals surface area contributed by atoms with Gasteiger partial charge in [0.15, 0.2) is 11.5 Å². The Balaban J connectivity index is 1.52. The monoisotopic (exact) mass is 575 g/mol. The van der Waals surface area contributed by atoms with Crippen molar-refractivity contribution in [1.29, 1.82) is 0 Å². The van der Waals surface area contributed by atoms with Gasteiger partial charge in [-0.3, -0.25) is 9.59 Å². The minimum Gasteiger partial charge on any atom is -0.481 e. The predicted molar refractivity (Wildman–Crippen MR) is 136 cm³/mol. The topological polar surface area (TPSA) is 149 Å². The van der Waals surface area contributed by atoms with Crippen LogP contribution >= 0.6 is 0 Å². The standard InChI is InChI=1S/C26H22F5N7O3/c1-24(14-7-4-13(5-8-14)6-9-16(39)40)17-19(32)34-21(35-20(17)36-23(24)41)18-15-3-2-11-33-22(15)38(37-18)12-10-25(27,28)26(29,30)31/h2-5,7-8,11H,6,9-10,12H2,1H3,(H,39,40)(H3,32,34,35,36,41)/t24-/m1/s1. The molecule has 0 radical (unpaired) electrons. The Morgan fingerprint density at radius 1 is 1.12 bits per heavy atom. The molecule has 1 amide bonds. The number of halogens is 5. The number of fused-ring (bicyclic) bond motifs is 2. The number of nitrogen functional groups attached to an aromatic ring is 1. The SMILES string of the molecule is C[C@]1(c2ccc(CCC(=O)O)cc2)C(=O)Nc2nc(-c3nn(CCC(F)(F)C(F)(F)F)c4ncccc34)nc(N)c21. The van der Waals surface area contributed by atoms with Crippen molar-refractivity contribution in [2.24, 2.45) is 0 Å². The third kappa shape index (κ3) is 4.80. The Bertz CT molecular complexity index is 1670. The normalized spacial score (nSPS) is 17.1. The molecule has 41 heavy (non-hydrogen) atoms. The van der Waals surface area contributed by atoms with Gasteiger partial charge < -0.3 is 16.2 Å². The van der Waals surface area contributed by atoms with E-state index in [9.17, 15) is 31.5 Å². The van der Waals surface area contributed by atoms with Gasteiger partial charge in [0.1, 0.15) is 22.7 Å². The Labute approximate surface area is 228 Å². The number of aliphatic carboxylic acids is 1. The van der Waals surface area contributed by atoms with Crippen LogP contribution in [0.4, 0.5) is 33.6 Å². The van der Waals surface area contributed by atoms with E-state index >= 15 is 0 Å². The number of hydrogen-bond acceptors (Lipinski definition) is 7. The van der Waals surface area contributed by atoms with Gasteiger partial charge in [0.25, 0.3) is 0 Å². The zero-order valence-electron chi connectivity index (χ0n) is 21.3. The number of carbonyl (C=O) groups is 2. The summed E-state index contributed by atoms with van der Waals surface area (Å²) in [4.78, 5) is 36.9. The van der Waals surface area contributed by atoms with E-state index in [1.165, 1.54) is 18.3 Å². The lowest BCUT2D eigenvalue weighted by atomic mass is 9.77. The second-order valence-electron chi connectivity index (χ2n) is 9.72. The number of nitrogens with zero attached hydrogens (tertiary/aromatic N) is 5. The molecule has 214 valence electrons. The van der Waals surface area contributed by atoms with Crippen molar-refractivity contribution in [3.8, 4) is 11.5 Å². The molecular weight excluding hydrogens is 553 g/mol. The first kappa shape index (κ1) is 27.9. The molecular formula is C26H22F5N7O3. The second kappa shape index (κ2) is 9.74. The van der Waals surface area contributed by atoms with Crippen LogP contribution in [-0.4, -0.2) is 53.8 Å². The number of aromatic nitrogens is 5. The fraction of sp³-hybridized carbons (Fsp3) is 0.308. The van der Waals surface area contributed by atoms with Gasteiger partial charge in [-0.25, -0.2) is 19.6 Å². The van der Waals surface area contributed by atoms with Crippen molar-refractivity contribution in [2.75, 3.05) is 11.1 Å². The van der Waals surface area contributed by atoms with E-state index in [1.807, 2.05) is 0 Å². The molecule has 1 aromatic carbocycles. The molecule has 4 N–H and O–H groups in total. The number of aryl methyl sites for hydroxylation is 2. The number of nitrogens with one attached hydrogen (secondary N) is 1. The van der Waals surface area contributed by atoms with E-state index in [1.54, 1.807) is 31.2 Å². The van der Waals surface area contributed by atoms with Crippen molar-refractivity contribution in [2.45, 2.75) is 50.2 Å². The number of benzene rings is 1. The average molecular weight is 575 g/mol. The molecule has 1 atom stereocenters. The first-order valence-corrected chi connectivity index (χ1v) is 12.3. The van der Waals surface area contributed by atoms with Crippen molar-refractivity contribution in [3.05, 3.63) is 59.3 Å². The Morgan fingerprint density at radius 3 is 2.49 bits per heavy atom. The lowest BCUT2D eigenvalue weighted by Crippen LogP contribution is -2.37. The number of pyridine rings is 1. The van der Waals surface area contributed by atoms with Gasteiger partial charge in [-0.2, -0.15) is 27.1 Å². The highest BCUT2D eigenvalue weighted by atomic mass is 19.4. The maximum absolute atomic E-state index is 13.6. The molecule has 0 fully saturated rings. The molecule has 5 rings (SSSR count). The van der Waals surface area contributed by atoms with Gasteiger partial charge in [0, 0.05) is 25.6 Å². The van der Waals surface area contributed by atoms with Crippen molar-refractivity contribution in [1.82, 2.24) is 24.7 Å². The van der Waals surface area contributed by atoms with Crippen LogP contribution in [0.3, 0.4) is 0 Å². The zero-order chi connectivity index (χ0) is 29.7. The van der Waals surface area contributed by atoms with Gasteiger partial charge in [-0.05, 0) is 36.6 Å². The van der Waals surface area contributed by atoms with Crippen molar-refractivity contribution >= 4 is 34.5 Å². The third-order valence-corrected chi connectivity index (χ3v) is 7.05. The molecule has 0 unspecified atom stereocenters. The highest BCUT2D eigenvalue weighted by Gasteiger charge is 2.57. The number of amides is 1. The summed E-state index contributed by atoms with van der Waals surface area (Å²) in [6.07, 6.45) is -5.67. The molecule has 15 heteroatoms. The molecule has 1 aliphatic rings. The Hall–Kier alpha value is -4.69. The van der Waals surface area contributed by atoms with Gasteiger partial charge >= 0.3 is 18.1 Å². The van der Waals surface area contributed by atoms with Crippen LogP contribution in [0, 0.1) is 0 Å². The first-order chi connectivity index (χ1) is 19.2. The summed E-state index contributed by atoms with van der Waals surface area (Å²) in [5, 5.41) is 16.1. The van der Waals surface area contributed by atoms with E-state index in [0.29, 0.717) is 12.0 Å². The van der Waals surface area contributed by atoms with E-state index < -0.39 is 42.4 Å². The summed E-state index contributed by atoms with van der Waals surface area (Å²) < 4.78 is 66.2. The van der Waals surface area contributed by atoms with Crippen LogP contribution < -0.4 is 11.1 Å². The molecule has 3 aromatic heterocycles. The fourth-order valence-corrected chi connectivity index (χ4v) is 4.76. The van der Waals surface area contributed by atoms with Crippen LogP contribution in [-0.2, 0) is 28.0 Å². The van der Waals surface area contributed by atoms with E-state index in [0.717, 1.165) is 10.2 Å². The van der Waals surface area contributed by atoms with Crippen LogP contribution in [0.25, 0.3) is 22.6 Å². The number of carboxylic acid groups (broad SMARTS) is 1. The van der Waals surface area contributed by atoms with E-state index in [4.69, 9.17) is 10.8 Å². The Morgan fingerprint density at radius 2 is 1.83 bits per heavy atom. The Kier molecular flexibility index (Phi) is 6.62. The molecule has 0 bridgehead atoms. The molecule has 0 aliphatic carbocycles. The van der Waals surface area contributed by atoms with E-state index in [-0.39, 0.29) is 46.2 Å². The first-order valence-electron chi connectivity index (χ1n) is 12.3. The summed E-state index contributed by atoms with van der Waals surface area (Å²) >= 11 is 0. The summed E-state index contributed by atoms with van der Waals surface area (Å²) in [6.45, 7) is 0.840. The maximum atomic E-state index is 13.6. The number of carboxylic acids is 1. The molecule has 4 aromatic rings. The van der Waals surface area contributed by atoms with Crippen LogP contribution in [0.5, 0.6) is 0 Å². The molecule has 10 nitrogen and oxygen atoms in total. The minimum absolute atomic E-state index is 0.0311. The summed E-state index contributed by atoms with van der Waals surface area (Å²) in [6, 6.07) is 9.87. The van der Waals surface area contributed by atoms with Crippen molar-refractivity contribution in [3.63, 3.8) is 0 Å². The predicted octanol–water partition coefficient (Wildman–Crippen LogP) is 4.33. The molecule has 4 heterocycles. The zero-order valence-corrected chi connectivity index (χ0v) is 21.3. The molecule has 0 saturated carbocycles. The average Bonchev–Trinajstić information content (AvgIpc) is 3.41.